The number of aromatic nitrogens is 1. The molecule has 3 aromatic rings. The van der Waals surface area contributed by atoms with Gasteiger partial charge in [-0.15, -0.1) is 0 Å². The number of carbonyl (C=O) groups is 2. The molecular weight excluding hydrogens is 408 g/mol. The van der Waals surface area contributed by atoms with Crippen LogP contribution in [-0.4, -0.2) is 38.4 Å². The summed E-state index contributed by atoms with van der Waals surface area (Å²) in [6.07, 6.45) is 3.25. The minimum Gasteiger partial charge on any atom is -0.508 e. The van der Waals surface area contributed by atoms with E-state index in [1.54, 1.807) is 54.9 Å². The van der Waals surface area contributed by atoms with Gasteiger partial charge in [0.05, 0.1) is 18.2 Å². The van der Waals surface area contributed by atoms with Crippen LogP contribution in [0.3, 0.4) is 0 Å². The van der Waals surface area contributed by atoms with Gasteiger partial charge in [0, 0.05) is 24.5 Å². The predicted molar refractivity (Wildman–Crippen MR) is 118 cm³/mol. The molecule has 0 saturated carbocycles. The molecule has 162 valence electrons. The lowest BCUT2D eigenvalue weighted by molar-refractivity contribution is -0.140. The Balaban J connectivity index is 1.84. The zero-order valence-corrected chi connectivity index (χ0v) is 17.4. The van der Waals surface area contributed by atoms with Gasteiger partial charge >= 0.3 is 0 Å². The fraction of sp³-hybridized carbons (Fsp3) is 0.160. The average Bonchev–Trinajstić information content (AvgIpc) is 3.05. The Hall–Kier alpha value is -4.13. The first-order chi connectivity index (χ1) is 15.5. The lowest BCUT2D eigenvalue weighted by atomic mass is 9.95. The fourth-order valence-electron chi connectivity index (χ4n) is 3.79. The topological polar surface area (TPSA) is 100.0 Å². The minimum absolute atomic E-state index is 0.0155. The molecule has 1 aliphatic heterocycles. The van der Waals surface area contributed by atoms with E-state index in [2.05, 4.69) is 4.98 Å². The molecule has 0 radical (unpaired) electrons. The maximum absolute atomic E-state index is 13.1. The molecule has 1 fully saturated rings. The standard InChI is InChI=1S/C25H22N2O5/c1-2-32-20-7-3-6-18(13-20)23(29)21-22(17-8-10-19(28)11-9-17)27(25(31)24(21)30)15-16-5-4-12-26-14-16/h3-14,22,28-29H,2,15H2,1H3/b23-21+. The first-order valence-electron chi connectivity index (χ1n) is 10.2. The second-order valence-corrected chi connectivity index (χ2v) is 7.34. The zero-order chi connectivity index (χ0) is 22.7. The molecule has 1 aliphatic rings. The summed E-state index contributed by atoms with van der Waals surface area (Å²) in [5, 5.41) is 20.8. The summed E-state index contributed by atoms with van der Waals surface area (Å²) >= 11 is 0. The van der Waals surface area contributed by atoms with E-state index in [0.717, 1.165) is 5.56 Å². The van der Waals surface area contributed by atoms with Crippen LogP contribution >= 0.6 is 0 Å². The van der Waals surface area contributed by atoms with E-state index >= 15 is 0 Å². The van der Waals surface area contributed by atoms with Crippen molar-refractivity contribution < 1.29 is 24.5 Å². The lowest BCUT2D eigenvalue weighted by Gasteiger charge is -2.25. The van der Waals surface area contributed by atoms with E-state index < -0.39 is 17.7 Å². The number of nitrogens with zero attached hydrogens (tertiary/aromatic N) is 2. The molecule has 2 N–H and O–H groups in total. The van der Waals surface area contributed by atoms with Crippen molar-refractivity contribution in [3.63, 3.8) is 0 Å². The van der Waals surface area contributed by atoms with Gasteiger partial charge in [-0.05, 0) is 48.4 Å². The molecule has 1 atom stereocenters. The first-order valence-corrected chi connectivity index (χ1v) is 10.2. The molecule has 32 heavy (non-hydrogen) atoms. The largest absolute Gasteiger partial charge is 0.508 e. The van der Waals surface area contributed by atoms with Crippen molar-refractivity contribution in [1.29, 1.82) is 0 Å². The monoisotopic (exact) mass is 430 g/mol. The first kappa shape index (κ1) is 21.1. The summed E-state index contributed by atoms with van der Waals surface area (Å²) in [6, 6.07) is 15.7. The van der Waals surface area contributed by atoms with Crippen LogP contribution in [0.15, 0.2) is 78.6 Å². The van der Waals surface area contributed by atoms with Gasteiger partial charge in [-0.25, -0.2) is 0 Å². The molecule has 7 heteroatoms. The number of phenols is 1. The molecule has 1 aromatic heterocycles. The molecule has 7 nitrogen and oxygen atoms in total. The van der Waals surface area contributed by atoms with Crippen molar-refractivity contribution in [1.82, 2.24) is 9.88 Å². The van der Waals surface area contributed by atoms with Gasteiger partial charge in [0.2, 0.25) is 0 Å². The van der Waals surface area contributed by atoms with Gasteiger partial charge in [0.25, 0.3) is 11.7 Å². The summed E-state index contributed by atoms with van der Waals surface area (Å²) in [5.41, 5.74) is 1.70. The number of aliphatic hydroxyl groups is 1. The number of likely N-dealkylation sites (tertiary alicyclic amines) is 1. The number of rotatable bonds is 6. The van der Waals surface area contributed by atoms with Crippen LogP contribution in [-0.2, 0) is 16.1 Å². The second-order valence-electron chi connectivity index (χ2n) is 7.34. The number of amides is 1. The quantitative estimate of drug-likeness (QED) is 0.350. The Bertz CT molecular complexity index is 1170. The highest BCUT2D eigenvalue weighted by Gasteiger charge is 2.46. The number of benzene rings is 2. The minimum atomic E-state index is -0.827. The number of phenolic OH excluding ortho intramolecular Hbond substituents is 1. The number of aromatic hydroxyl groups is 1. The van der Waals surface area contributed by atoms with E-state index in [-0.39, 0.29) is 23.6 Å². The molecule has 2 aromatic carbocycles. The van der Waals surface area contributed by atoms with E-state index in [0.29, 0.717) is 23.5 Å². The fourth-order valence-corrected chi connectivity index (χ4v) is 3.79. The number of ether oxygens (including phenoxy) is 1. The van der Waals surface area contributed by atoms with Crippen LogP contribution in [0, 0.1) is 0 Å². The number of hydrogen-bond donors (Lipinski definition) is 2. The van der Waals surface area contributed by atoms with Crippen molar-refractivity contribution in [2.75, 3.05) is 6.61 Å². The number of Topliss-reactive ketones (excluding diaryl/α,β-unsaturated/α-hetero) is 1. The second kappa shape index (κ2) is 8.93. The molecule has 4 rings (SSSR count). The highest BCUT2D eigenvalue weighted by atomic mass is 16.5. The molecule has 0 aliphatic carbocycles. The summed E-state index contributed by atoms with van der Waals surface area (Å²) in [6.45, 7) is 2.44. The SMILES string of the molecule is CCOc1cccc(/C(O)=C2\C(=O)C(=O)N(Cc3cccnc3)C2c2ccc(O)cc2)c1. The van der Waals surface area contributed by atoms with Crippen LogP contribution in [0.5, 0.6) is 11.5 Å². The third-order valence-corrected chi connectivity index (χ3v) is 5.24. The number of carbonyl (C=O) groups excluding carboxylic acids is 2. The van der Waals surface area contributed by atoms with E-state index in [1.165, 1.54) is 17.0 Å². The Morgan fingerprint density at radius 2 is 1.88 bits per heavy atom. The summed E-state index contributed by atoms with van der Waals surface area (Å²) in [5.74, 6) is -1.16. The van der Waals surface area contributed by atoms with Crippen LogP contribution in [0.4, 0.5) is 0 Å². The van der Waals surface area contributed by atoms with Crippen molar-refractivity contribution in [2.24, 2.45) is 0 Å². The van der Waals surface area contributed by atoms with Gasteiger partial charge in [0.1, 0.15) is 17.3 Å². The Labute approximate surface area is 185 Å². The Morgan fingerprint density at radius 3 is 2.56 bits per heavy atom. The van der Waals surface area contributed by atoms with Gasteiger partial charge in [-0.3, -0.25) is 14.6 Å². The lowest BCUT2D eigenvalue weighted by Crippen LogP contribution is -2.29. The number of hydrogen-bond acceptors (Lipinski definition) is 6. The molecule has 1 unspecified atom stereocenters. The van der Waals surface area contributed by atoms with Crippen LogP contribution in [0.1, 0.15) is 29.7 Å². The molecule has 1 amide bonds. The highest BCUT2D eigenvalue weighted by molar-refractivity contribution is 6.46. The van der Waals surface area contributed by atoms with Gasteiger partial charge in [-0.1, -0.05) is 30.3 Å². The van der Waals surface area contributed by atoms with E-state index in [4.69, 9.17) is 4.74 Å². The third kappa shape index (κ3) is 4.05. The van der Waals surface area contributed by atoms with Crippen molar-refractivity contribution in [3.8, 4) is 11.5 Å². The van der Waals surface area contributed by atoms with Crippen LogP contribution in [0.25, 0.3) is 5.76 Å². The predicted octanol–water partition coefficient (Wildman–Crippen LogP) is 3.81. The molecule has 1 saturated heterocycles. The smallest absolute Gasteiger partial charge is 0.295 e. The Morgan fingerprint density at radius 1 is 1.09 bits per heavy atom. The maximum Gasteiger partial charge on any atom is 0.295 e. The normalized spacial score (nSPS) is 17.5. The third-order valence-electron chi connectivity index (χ3n) is 5.24. The van der Waals surface area contributed by atoms with E-state index in [9.17, 15) is 19.8 Å². The van der Waals surface area contributed by atoms with Crippen molar-refractivity contribution in [2.45, 2.75) is 19.5 Å². The summed E-state index contributed by atoms with van der Waals surface area (Å²) in [7, 11) is 0. The number of aliphatic hydroxyl groups excluding tert-OH is 1. The molecular formula is C25H22N2O5. The summed E-state index contributed by atoms with van der Waals surface area (Å²) < 4.78 is 5.50. The van der Waals surface area contributed by atoms with Gasteiger partial charge in [-0.2, -0.15) is 0 Å². The van der Waals surface area contributed by atoms with Gasteiger partial charge < -0.3 is 19.8 Å². The van der Waals surface area contributed by atoms with Crippen LogP contribution in [0.2, 0.25) is 0 Å². The van der Waals surface area contributed by atoms with E-state index in [1.807, 2.05) is 13.0 Å². The highest BCUT2D eigenvalue weighted by Crippen LogP contribution is 2.40. The van der Waals surface area contributed by atoms with Crippen molar-refractivity contribution >= 4 is 17.4 Å². The average molecular weight is 430 g/mol. The number of ketones is 1. The number of pyridine rings is 1. The Kier molecular flexibility index (Phi) is 5.89. The molecule has 2 heterocycles. The maximum atomic E-state index is 13.1. The zero-order valence-electron chi connectivity index (χ0n) is 17.4. The molecule has 0 spiro atoms. The summed E-state index contributed by atoms with van der Waals surface area (Å²) in [4.78, 5) is 31.6. The van der Waals surface area contributed by atoms with Crippen LogP contribution < -0.4 is 4.74 Å². The molecule has 0 bridgehead atoms. The van der Waals surface area contributed by atoms with Gasteiger partial charge in [0.15, 0.2) is 0 Å². The van der Waals surface area contributed by atoms with Crippen molar-refractivity contribution in [3.05, 3.63) is 95.3 Å².